The summed E-state index contributed by atoms with van der Waals surface area (Å²) in [5, 5.41) is 14.6. The zero-order valence-corrected chi connectivity index (χ0v) is 18.0. The molecule has 0 spiro atoms. The molecular formula is C22H32N4O5. The summed E-state index contributed by atoms with van der Waals surface area (Å²) in [6, 6.07) is 6.45. The molecule has 1 fully saturated rings. The first-order valence-corrected chi connectivity index (χ1v) is 10.6. The maximum atomic E-state index is 12.8. The molecule has 170 valence electrons. The Morgan fingerprint density at radius 2 is 1.90 bits per heavy atom. The number of carboxylic acids is 1. The van der Waals surface area contributed by atoms with Crippen molar-refractivity contribution in [3.8, 4) is 0 Å². The van der Waals surface area contributed by atoms with Crippen LogP contribution in [0, 0.1) is 5.92 Å². The minimum Gasteiger partial charge on any atom is -0.480 e. The lowest BCUT2D eigenvalue weighted by molar-refractivity contribution is -0.144. The van der Waals surface area contributed by atoms with E-state index in [2.05, 4.69) is 10.6 Å². The molecule has 9 heteroatoms. The number of nitrogens with one attached hydrogen (secondary N) is 2. The van der Waals surface area contributed by atoms with Crippen molar-refractivity contribution in [2.45, 2.75) is 57.7 Å². The lowest BCUT2D eigenvalue weighted by Gasteiger charge is -2.26. The van der Waals surface area contributed by atoms with E-state index in [1.807, 2.05) is 19.9 Å². The van der Waals surface area contributed by atoms with Gasteiger partial charge >= 0.3 is 5.97 Å². The van der Waals surface area contributed by atoms with Crippen molar-refractivity contribution < 1.29 is 24.3 Å². The molecule has 1 aliphatic heterocycles. The Morgan fingerprint density at radius 1 is 1.23 bits per heavy atom. The maximum Gasteiger partial charge on any atom is 0.326 e. The van der Waals surface area contributed by atoms with Crippen LogP contribution in [0.2, 0.25) is 0 Å². The number of rotatable bonds is 10. The van der Waals surface area contributed by atoms with E-state index in [9.17, 15) is 24.3 Å². The third kappa shape index (κ3) is 6.78. The average Bonchev–Trinajstić information content (AvgIpc) is 3.26. The third-order valence-corrected chi connectivity index (χ3v) is 5.75. The fraction of sp³-hybridized carbons (Fsp3) is 0.545. The highest BCUT2D eigenvalue weighted by Gasteiger charge is 2.36. The standard InChI is InChI=1S/C22H32N4O5/c1-3-14(2)19(23)21(29)24-13-18(27)26-11-7-10-17(26)20(28)25-16(22(30)31)12-15-8-5-4-6-9-15/h4-6,8-9,14,16-17,19H,3,7,10-13,23H2,1-2H3,(H,24,29)(H,25,28)(H,30,31). The Kier molecular flexibility index (Phi) is 8.99. The molecule has 4 atom stereocenters. The van der Waals surface area contributed by atoms with E-state index < -0.39 is 41.8 Å². The topological polar surface area (TPSA) is 142 Å². The van der Waals surface area contributed by atoms with Crippen LogP contribution in [-0.4, -0.2) is 64.9 Å². The third-order valence-electron chi connectivity index (χ3n) is 5.75. The number of carbonyl (C=O) groups excluding carboxylic acids is 3. The first-order valence-electron chi connectivity index (χ1n) is 10.6. The molecule has 1 aliphatic rings. The van der Waals surface area contributed by atoms with Crippen LogP contribution in [0.5, 0.6) is 0 Å². The number of hydrogen-bond acceptors (Lipinski definition) is 5. The number of carboxylic acid groups (broad SMARTS) is 1. The second-order valence-electron chi connectivity index (χ2n) is 7.96. The highest BCUT2D eigenvalue weighted by molar-refractivity contribution is 5.93. The zero-order chi connectivity index (χ0) is 23.0. The smallest absolute Gasteiger partial charge is 0.326 e. The molecule has 3 amide bonds. The van der Waals surface area contributed by atoms with Gasteiger partial charge in [0, 0.05) is 13.0 Å². The van der Waals surface area contributed by atoms with Gasteiger partial charge in [-0.15, -0.1) is 0 Å². The summed E-state index contributed by atoms with van der Waals surface area (Å²) in [7, 11) is 0. The van der Waals surface area contributed by atoms with E-state index in [4.69, 9.17) is 5.73 Å². The number of hydrogen-bond donors (Lipinski definition) is 4. The molecule has 0 aliphatic carbocycles. The minimum atomic E-state index is -1.14. The Bertz CT molecular complexity index is 785. The van der Waals surface area contributed by atoms with Gasteiger partial charge in [-0.2, -0.15) is 0 Å². The van der Waals surface area contributed by atoms with Crippen LogP contribution in [0.15, 0.2) is 30.3 Å². The summed E-state index contributed by atoms with van der Waals surface area (Å²) < 4.78 is 0. The van der Waals surface area contributed by atoms with Crippen molar-refractivity contribution in [2.24, 2.45) is 11.7 Å². The molecule has 1 aromatic rings. The highest BCUT2D eigenvalue weighted by atomic mass is 16.4. The molecule has 0 radical (unpaired) electrons. The lowest BCUT2D eigenvalue weighted by Crippen LogP contribution is -2.53. The van der Waals surface area contributed by atoms with Crippen LogP contribution >= 0.6 is 0 Å². The molecule has 31 heavy (non-hydrogen) atoms. The summed E-state index contributed by atoms with van der Waals surface area (Å²) in [5.41, 5.74) is 6.66. The molecule has 1 aromatic carbocycles. The summed E-state index contributed by atoms with van der Waals surface area (Å²) in [4.78, 5) is 50.5. The second-order valence-corrected chi connectivity index (χ2v) is 7.96. The lowest BCUT2D eigenvalue weighted by atomic mass is 9.99. The first-order chi connectivity index (χ1) is 14.7. The van der Waals surface area contributed by atoms with E-state index in [1.54, 1.807) is 24.3 Å². The molecule has 0 saturated carbocycles. The number of benzene rings is 1. The van der Waals surface area contributed by atoms with Crippen molar-refractivity contribution in [3.63, 3.8) is 0 Å². The quantitative estimate of drug-likeness (QED) is 0.418. The normalized spacial score (nSPS) is 18.7. The summed E-state index contributed by atoms with van der Waals surface area (Å²) in [5.74, 6) is -2.46. The Hall–Kier alpha value is -2.94. The predicted octanol–water partition coefficient (Wildman–Crippen LogP) is 0.279. The molecule has 1 heterocycles. The number of amides is 3. The first kappa shape index (κ1) is 24.3. The summed E-state index contributed by atoms with van der Waals surface area (Å²) >= 11 is 0. The fourth-order valence-electron chi connectivity index (χ4n) is 3.55. The Labute approximate surface area is 182 Å². The molecule has 0 bridgehead atoms. The van der Waals surface area contributed by atoms with Crippen LogP contribution in [0.25, 0.3) is 0 Å². The van der Waals surface area contributed by atoms with Gasteiger partial charge in [0.05, 0.1) is 12.6 Å². The van der Waals surface area contributed by atoms with E-state index >= 15 is 0 Å². The highest BCUT2D eigenvalue weighted by Crippen LogP contribution is 2.18. The SMILES string of the molecule is CCC(C)C(N)C(=O)NCC(=O)N1CCCC1C(=O)NC(Cc1ccccc1)C(=O)O. The van der Waals surface area contributed by atoms with E-state index in [0.29, 0.717) is 19.4 Å². The van der Waals surface area contributed by atoms with Crippen LogP contribution < -0.4 is 16.4 Å². The van der Waals surface area contributed by atoms with Crippen molar-refractivity contribution in [1.29, 1.82) is 0 Å². The number of nitrogens with two attached hydrogens (primary N) is 1. The average molecular weight is 433 g/mol. The van der Waals surface area contributed by atoms with Gasteiger partial charge in [0.2, 0.25) is 17.7 Å². The second kappa shape index (κ2) is 11.5. The van der Waals surface area contributed by atoms with Gasteiger partial charge in [-0.25, -0.2) is 4.79 Å². The van der Waals surface area contributed by atoms with Gasteiger partial charge in [0.25, 0.3) is 0 Å². The molecule has 9 nitrogen and oxygen atoms in total. The Morgan fingerprint density at radius 3 is 2.52 bits per heavy atom. The maximum absolute atomic E-state index is 12.8. The number of aliphatic carboxylic acids is 1. The van der Waals surface area contributed by atoms with Gasteiger partial charge in [-0.1, -0.05) is 50.6 Å². The summed E-state index contributed by atoms with van der Waals surface area (Å²) in [6.45, 7) is 3.92. The fourth-order valence-corrected chi connectivity index (χ4v) is 3.55. The number of carbonyl (C=O) groups is 4. The molecule has 5 N–H and O–H groups in total. The molecular weight excluding hydrogens is 400 g/mol. The molecule has 4 unspecified atom stereocenters. The van der Waals surface area contributed by atoms with Crippen molar-refractivity contribution in [2.75, 3.05) is 13.1 Å². The molecule has 1 saturated heterocycles. The monoisotopic (exact) mass is 432 g/mol. The van der Waals surface area contributed by atoms with Crippen LogP contribution in [0.1, 0.15) is 38.7 Å². The number of likely N-dealkylation sites (tertiary alicyclic amines) is 1. The van der Waals surface area contributed by atoms with Crippen LogP contribution in [0.3, 0.4) is 0 Å². The predicted molar refractivity (Wildman–Crippen MR) is 115 cm³/mol. The van der Waals surface area contributed by atoms with Crippen molar-refractivity contribution >= 4 is 23.7 Å². The van der Waals surface area contributed by atoms with Gasteiger partial charge in [0.1, 0.15) is 12.1 Å². The van der Waals surface area contributed by atoms with Crippen molar-refractivity contribution in [3.05, 3.63) is 35.9 Å². The number of nitrogens with zero attached hydrogens (tertiary/aromatic N) is 1. The van der Waals surface area contributed by atoms with Gasteiger partial charge in [-0.05, 0) is 24.3 Å². The van der Waals surface area contributed by atoms with E-state index in [0.717, 1.165) is 12.0 Å². The van der Waals surface area contributed by atoms with Gasteiger partial charge in [-0.3, -0.25) is 14.4 Å². The zero-order valence-electron chi connectivity index (χ0n) is 18.0. The van der Waals surface area contributed by atoms with E-state index in [-0.39, 0.29) is 18.9 Å². The Balaban J connectivity index is 1.94. The minimum absolute atomic E-state index is 0.0158. The molecule has 0 aromatic heterocycles. The largest absolute Gasteiger partial charge is 0.480 e. The summed E-state index contributed by atoms with van der Waals surface area (Å²) in [6.07, 6.45) is 1.95. The van der Waals surface area contributed by atoms with Gasteiger partial charge < -0.3 is 26.4 Å². The van der Waals surface area contributed by atoms with Gasteiger partial charge in [0.15, 0.2) is 0 Å². The molecule has 2 rings (SSSR count). The van der Waals surface area contributed by atoms with Crippen LogP contribution in [-0.2, 0) is 25.6 Å². The van der Waals surface area contributed by atoms with E-state index in [1.165, 1.54) is 4.90 Å². The van der Waals surface area contributed by atoms with Crippen molar-refractivity contribution in [1.82, 2.24) is 15.5 Å². The van der Waals surface area contributed by atoms with Crippen LogP contribution in [0.4, 0.5) is 0 Å².